The fraction of sp³-hybridized carbons (Fsp3) is 0.364. The summed E-state index contributed by atoms with van der Waals surface area (Å²) >= 11 is 0. The molecule has 1 aromatic carbocycles. The maximum atomic E-state index is 11.3. The number of benzene rings is 1. The lowest BCUT2D eigenvalue weighted by molar-refractivity contribution is -0.122. The van der Waals surface area contributed by atoms with Crippen molar-refractivity contribution in [2.24, 2.45) is 5.84 Å². The zero-order chi connectivity index (χ0) is 11.4. The third-order valence-electron chi connectivity index (χ3n) is 2.54. The van der Waals surface area contributed by atoms with Gasteiger partial charge in [-0.3, -0.25) is 10.2 Å². The quantitative estimate of drug-likeness (QED) is 0.438. The first-order valence-corrected chi connectivity index (χ1v) is 4.86. The van der Waals surface area contributed by atoms with Crippen molar-refractivity contribution in [1.29, 1.82) is 0 Å². The van der Waals surface area contributed by atoms with Gasteiger partial charge in [-0.2, -0.15) is 0 Å². The van der Waals surface area contributed by atoms with Gasteiger partial charge in [-0.1, -0.05) is 17.7 Å². The summed E-state index contributed by atoms with van der Waals surface area (Å²) < 4.78 is 0. The van der Waals surface area contributed by atoms with Crippen molar-refractivity contribution >= 4 is 11.6 Å². The Morgan fingerprint density at radius 2 is 1.93 bits per heavy atom. The topological polar surface area (TPSA) is 58.4 Å². The summed E-state index contributed by atoms with van der Waals surface area (Å²) in [6.45, 7) is 3.84. The number of hydrogen-bond donors (Lipinski definition) is 2. The van der Waals surface area contributed by atoms with Crippen LogP contribution in [0.5, 0.6) is 0 Å². The van der Waals surface area contributed by atoms with Crippen LogP contribution in [0.4, 0.5) is 5.69 Å². The van der Waals surface area contributed by atoms with E-state index in [0.29, 0.717) is 0 Å². The fourth-order valence-electron chi connectivity index (χ4n) is 1.30. The highest BCUT2D eigenvalue weighted by Crippen LogP contribution is 2.15. The van der Waals surface area contributed by atoms with Gasteiger partial charge in [0.05, 0.1) is 0 Å². The van der Waals surface area contributed by atoms with E-state index >= 15 is 0 Å². The molecule has 1 unspecified atom stereocenters. The number of hydrazine groups is 1. The minimum atomic E-state index is -0.280. The number of likely N-dealkylation sites (N-methyl/N-ethyl adjacent to an activating group) is 1. The van der Waals surface area contributed by atoms with Crippen molar-refractivity contribution in [2.75, 3.05) is 11.9 Å². The Labute approximate surface area is 90.0 Å². The first-order chi connectivity index (χ1) is 7.06. The Hall–Kier alpha value is -1.55. The molecule has 0 aromatic heterocycles. The lowest BCUT2D eigenvalue weighted by atomic mass is 10.2. The first-order valence-electron chi connectivity index (χ1n) is 4.86. The highest BCUT2D eigenvalue weighted by atomic mass is 16.2. The zero-order valence-corrected chi connectivity index (χ0v) is 9.32. The molecule has 1 atom stereocenters. The molecular weight excluding hydrogens is 190 g/mol. The standard InChI is InChI=1S/C11H17N3O/c1-8-4-6-10(7-5-8)14(3)9(2)11(15)13-12/h4-7,9H,12H2,1-3H3,(H,13,15). The molecule has 0 aliphatic rings. The van der Waals surface area contributed by atoms with Crippen LogP contribution in [0.2, 0.25) is 0 Å². The van der Waals surface area contributed by atoms with Crippen molar-refractivity contribution in [3.8, 4) is 0 Å². The molecule has 0 heterocycles. The average molecular weight is 207 g/mol. The van der Waals surface area contributed by atoms with Crippen LogP contribution < -0.4 is 16.2 Å². The summed E-state index contributed by atoms with van der Waals surface area (Å²) in [4.78, 5) is 13.2. The number of nitrogens with one attached hydrogen (secondary N) is 1. The van der Waals surface area contributed by atoms with Crippen LogP contribution in [0.25, 0.3) is 0 Å². The molecule has 1 aromatic rings. The second-order valence-corrected chi connectivity index (χ2v) is 3.63. The number of anilines is 1. The van der Waals surface area contributed by atoms with Crippen LogP contribution in [0, 0.1) is 6.92 Å². The summed E-state index contributed by atoms with van der Waals surface area (Å²) in [6.07, 6.45) is 0. The lowest BCUT2D eigenvalue weighted by Crippen LogP contribution is -2.46. The van der Waals surface area contributed by atoms with Crippen LogP contribution in [-0.4, -0.2) is 19.0 Å². The van der Waals surface area contributed by atoms with E-state index in [-0.39, 0.29) is 11.9 Å². The average Bonchev–Trinajstić information content (AvgIpc) is 2.27. The Kier molecular flexibility index (Phi) is 3.68. The second-order valence-electron chi connectivity index (χ2n) is 3.63. The van der Waals surface area contributed by atoms with Gasteiger partial charge in [-0.15, -0.1) is 0 Å². The van der Waals surface area contributed by atoms with Gasteiger partial charge in [-0.25, -0.2) is 5.84 Å². The molecule has 0 spiro atoms. The summed E-state index contributed by atoms with van der Waals surface area (Å²) in [6, 6.07) is 7.71. The Balaban J connectivity index is 2.80. The highest BCUT2D eigenvalue weighted by molar-refractivity contribution is 5.84. The number of rotatable bonds is 3. The van der Waals surface area contributed by atoms with Gasteiger partial charge in [0.25, 0.3) is 5.91 Å². The minimum Gasteiger partial charge on any atom is -0.363 e. The zero-order valence-electron chi connectivity index (χ0n) is 9.32. The molecule has 82 valence electrons. The number of amides is 1. The maximum Gasteiger partial charge on any atom is 0.256 e. The molecular formula is C11H17N3O. The largest absolute Gasteiger partial charge is 0.363 e. The first kappa shape index (κ1) is 11.5. The molecule has 1 rings (SSSR count). The van der Waals surface area contributed by atoms with E-state index in [2.05, 4.69) is 5.43 Å². The molecule has 3 N–H and O–H groups in total. The molecule has 0 saturated carbocycles. The summed E-state index contributed by atoms with van der Waals surface area (Å²) in [5, 5.41) is 0. The maximum absolute atomic E-state index is 11.3. The lowest BCUT2D eigenvalue weighted by Gasteiger charge is -2.25. The smallest absolute Gasteiger partial charge is 0.256 e. The SMILES string of the molecule is Cc1ccc(N(C)C(C)C(=O)NN)cc1. The van der Waals surface area contributed by atoms with Gasteiger partial charge in [-0.05, 0) is 26.0 Å². The van der Waals surface area contributed by atoms with Gasteiger partial charge in [0.15, 0.2) is 0 Å². The molecule has 4 heteroatoms. The molecule has 0 aliphatic carbocycles. The van der Waals surface area contributed by atoms with Crippen LogP contribution in [0.3, 0.4) is 0 Å². The van der Waals surface area contributed by atoms with E-state index in [1.807, 2.05) is 50.1 Å². The van der Waals surface area contributed by atoms with E-state index in [1.165, 1.54) is 5.56 Å². The fourth-order valence-corrected chi connectivity index (χ4v) is 1.30. The number of nitrogens with zero attached hydrogens (tertiary/aromatic N) is 1. The number of nitrogens with two attached hydrogens (primary N) is 1. The Bertz CT molecular complexity index is 334. The number of carbonyl (C=O) groups excluding carboxylic acids is 1. The van der Waals surface area contributed by atoms with E-state index in [0.717, 1.165) is 5.69 Å². The third kappa shape index (κ3) is 2.70. The van der Waals surface area contributed by atoms with Crippen LogP contribution in [0.15, 0.2) is 24.3 Å². The van der Waals surface area contributed by atoms with E-state index in [1.54, 1.807) is 0 Å². The molecule has 0 bridgehead atoms. The van der Waals surface area contributed by atoms with Crippen molar-refractivity contribution < 1.29 is 4.79 Å². The van der Waals surface area contributed by atoms with E-state index in [4.69, 9.17) is 5.84 Å². The number of hydrogen-bond acceptors (Lipinski definition) is 3. The van der Waals surface area contributed by atoms with Crippen LogP contribution >= 0.6 is 0 Å². The predicted molar refractivity (Wildman–Crippen MR) is 61.4 cm³/mol. The van der Waals surface area contributed by atoms with Crippen molar-refractivity contribution in [3.63, 3.8) is 0 Å². The predicted octanol–water partition coefficient (Wildman–Crippen LogP) is 0.810. The van der Waals surface area contributed by atoms with Crippen molar-refractivity contribution in [2.45, 2.75) is 19.9 Å². The summed E-state index contributed by atoms with van der Waals surface area (Å²) in [5.74, 6) is 4.89. The van der Waals surface area contributed by atoms with Gasteiger partial charge in [0, 0.05) is 12.7 Å². The van der Waals surface area contributed by atoms with Gasteiger partial charge in [0.1, 0.15) is 6.04 Å². The second kappa shape index (κ2) is 4.79. The van der Waals surface area contributed by atoms with Crippen LogP contribution in [0.1, 0.15) is 12.5 Å². The van der Waals surface area contributed by atoms with Gasteiger partial charge in [0.2, 0.25) is 0 Å². The highest BCUT2D eigenvalue weighted by Gasteiger charge is 2.16. The Morgan fingerprint density at radius 1 is 1.40 bits per heavy atom. The van der Waals surface area contributed by atoms with E-state index in [9.17, 15) is 4.79 Å². The van der Waals surface area contributed by atoms with Crippen molar-refractivity contribution in [1.82, 2.24) is 5.43 Å². The Morgan fingerprint density at radius 3 is 2.40 bits per heavy atom. The minimum absolute atomic E-state index is 0.196. The molecule has 0 saturated heterocycles. The summed E-state index contributed by atoms with van der Waals surface area (Å²) in [5.41, 5.74) is 4.34. The number of carbonyl (C=O) groups is 1. The summed E-state index contributed by atoms with van der Waals surface area (Å²) in [7, 11) is 1.87. The molecule has 0 aliphatic heterocycles. The normalized spacial score (nSPS) is 12.0. The van der Waals surface area contributed by atoms with Gasteiger partial charge < -0.3 is 4.90 Å². The molecule has 0 radical (unpaired) electrons. The molecule has 1 amide bonds. The molecule has 15 heavy (non-hydrogen) atoms. The monoisotopic (exact) mass is 207 g/mol. The van der Waals surface area contributed by atoms with E-state index < -0.39 is 0 Å². The number of aryl methyl sites for hydroxylation is 1. The van der Waals surface area contributed by atoms with Crippen molar-refractivity contribution in [3.05, 3.63) is 29.8 Å². The van der Waals surface area contributed by atoms with Gasteiger partial charge >= 0.3 is 0 Å². The molecule has 4 nitrogen and oxygen atoms in total. The molecule has 0 fully saturated rings. The van der Waals surface area contributed by atoms with Crippen LogP contribution in [-0.2, 0) is 4.79 Å². The third-order valence-corrected chi connectivity index (χ3v) is 2.54.